The second kappa shape index (κ2) is 7.42. The first kappa shape index (κ1) is 18.2. The van der Waals surface area contributed by atoms with Gasteiger partial charge >= 0.3 is 6.09 Å². The van der Waals surface area contributed by atoms with Crippen LogP contribution in [0.25, 0.3) is 0 Å². The molecule has 0 bridgehead atoms. The number of rotatable bonds is 5. The minimum Gasteiger partial charge on any atom is -0.444 e. The Kier molecular flexibility index (Phi) is 6.43. The van der Waals surface area contributed by atoms with Crippen molar-refractivity contribution >= 4 is 6.09 Å². The van der Waals surface area contributed by atoms with Crippen LogP contribution in [0.5, 0.6) is 0 Å². The Morgan fingerprint density at radius 1 is 1.52 bits per heavy atom. The molecule has 124 valence electrons. The van der Waals surface area contributed by atoms with Gasteiger partial charge in [-0.3, -0.25) is 0 Å². The molecule has 1 amide bonds. The van der Waals surface area contributed by atoms with Gasteiger partial charge in [-0.15, -0.1) is 0 Å². The molecule has 1 rings (SSSR count). The summed E-state index contributed by atoms with van der Waals surface area (Å²) in [5.41, 5.74) is 5.25. The van der Waals surface area contributed by atoms with Crippen molar-refractivity contribution in [3.63, 3.8) is 0 Å². The van der Waals surface area contributed by atoms with Crippen molar-refractivity contribution in [2.75, 3.05) is 33.2 Å². The van der Waals surface area contributed by atoms with Crippen LogP contribution in [0, 0.1) is 5.41 Å². The van der Waals surface area contributed by atoms with Gasteiger partial charge in [0.2, 0.25) is 0 Å². The zero-order valence-electron chi connectivity index (χ0n) is 13.8. The van der Waals surface area contributed by atoms with Crippen molar-refractivity contribution in [2.24, 2.45) is 11.1 Å². The number of piperidine rings is 1. The molecular formula is C15H31N3O3. The number of nitrogens with two attached hydrogens (primary N) is 1. The van der Waals surface area contributed by atoms with Gasteiger partial charge in [0.15, 0.2) is 0 Å². The summed E-state index contributed by atoms with van der Waals surface area (Å²) >= 11 is 0. The molecule has 0 radical (unpaired) electrons. The van der Waals surface area contributed by atoms with Gasteiger partial charge in [0.25, 0.3) is 0 Å². The van der Waals surface area contributed by atoms with Crippen molar-refractivity contribution < 1.29 is 14.6 Å². The summed E-state index contributed by atoms with van der Waals surface area (Å²) in [6.45, 7) is 7.84. The average Bonchev–Trinajstić information content (AvgIpc) is 2.37. The molecule has 0 aromatic heterocycles. The van der Waals surface area contributed by atoms with Gasteiger partial charge in [0.1, 0.15) is 5.60 Å². The molecule has 21 heavy (non-hydrogen) atoms. The maximum atomic E-state index is 12.2. The van der Waals surface area contributed by atoms with Gasteiger partial charge in [0, 0.05) is 25.0 Å². The fourth-order valence-corrected chi connectivity index (χ4v) is 2.91. The second-order valence-electron chi connectivity index (χ2n) is 7.13. The molecule has 0 saturated carbocycles. The molecule has 0 unspecified atom stereocenters. The zero-order valence-corrected chi connectivity index (χ0v) is 13.8. The Balaban J connectivity index is 2.69. The van der Waals surface area contributed by atoms with E-state index in [0.717, 1.165) is 12.8 Å². The predicted molar refractivity (Wildman–Crippen MR) is 83.1 cm³/mol. The summed E-state index contributed by atoms with van der Waals surface area (Å²) in [5.74, 6) is 0. The van der Waals surface area contributed by atoms with E-state index >= 15 is 0 Å². The number of carbonyl (C=O) groups excluding carboxylic acids is 1. The summed E-state index contributed by atoms with van der Waals surface area (Å²) in [4.78, 5) is 13.9. The van der Waals surface area contributed by atoms with Crippen LogP contribution >= 0.6 is 0 Å². The van der Waals surface area contributed by atoms with E-state index in [1.807, 2.05) is 27.8 Å². The van der Waals surface area contributed by atoms with E-state index in [4.69, 9.17) is 10.5 Å². The minimum atomic E-state index is -0.494. The monoisotopic (exact) mass is 301 g/mol. The molecular weight excluding hydrogens is 270 g/mol. The van der Waals surface area contributed by atoms with Gasteiger partial charge in [-0.25, -0.2) is 4.79 Å². The van der Waals surface area contributed by atoms with Gasteiger partial charge in [0.05, 0.1) is 6.10 Å². The third-order valence-electron chi connectivity index (χ3n) is 3.85. The van der Waals surface area contributed by atoms with E-state index in [2.05, 4.69) is 5.32 Å². The van der Waals surface area contributed by atoms with E-state index in [0.29, 0.717) is 32.6 Å². The standard InChI is InChI=1S/C15H31N3O3/c1-14(2,3)21-13(20)18-7-5-6-15(10-16,11-18)8-12(19)9-17-4/h12,17,19H,5-11,16H2,1-4H3/t12-,15+/m0/s1. The van der Waals surface area contributed by atoms with Crippen molar-refractivity contribution in [2.45, 2.75) is 51.7 Å². The Hall–Kier alpha value is -0.850. The Bertz CT molecular complexity index is 344. The van der Waals surface area contributed by atoms with E-state index in [1.54, 1.807) is 4.90 Å². The third kappa shape index (κ3) is 5.80. The first-order valence-corrected chi connectivity index (χ1v) is 7.72. The van der Waals surface area contributed by atoms with Gasteiger partial charge in [-0.1, -0.05) is 0 Å². The highest BCUT2D eigenvalue weighted by Crippen LogP contribution is 2.34. The van der Waals surface area contributed by atoms with Crippen LogP contribution in [-0.4, -0.2) is 61.0 Å². The molecule has 0 aromatic rings. The lowest BCUT2D eigenvalue weighted by molar-refractivity contribution is -0.00539. The summed E-state index contributed by atoms with van der Waals surface area (Å²) < 4.78 is 5.44. The molecule has 6 nitrogen and oxygen atoms in total. The Morgan fingerprint density at radius 2 is 2.19 bits per heavy atom. The lowest BCUT2D eigenvalue weighted by atomic mass is 9.75. The number of nitrogens with zero attached hydrogens (tertiary/aromatic N) is 1. The first-order chi connectivity index (χ1) is 9.71. The molecule has 1 fully saturated rings. The van der Waals surface area contributed by atoms with Crippen LogP contribution in [0.3, 0.4) is 0 Å². The number of ether oxygens (including phenoxy) is 1. The SMILES string of the molecule is CNC[C@@H](O)C[C@@]1(CN)CCCN(C(=O)OC(C)(C)C)C1. The van der Waals surface area contributed by atoms with E-state index in [9.17, 15) is 9.90 Å². The number of nitrogens with one attached hydrogen (secondary N) is 1. The summed E-state index contributed by atoms with van der Waals surface area (Å²) in [6, 6.07) is 0. The van der Waals surface area contributed by atoms with Crippen molar-refractivity contribution in [1.29, 1.82) is 0 Å². The van der Waals surface area contributed by atoms with E-state index in [-0.39, 0.29) is 11.5 Å². The highest BCUT2D eigenvalue weighted by Gasteiger charge is 2.38. The van der Waals surface area contributed by atoms with Crippen molar-refractivity contribution in [1.82, 2.24) is 10.2 Å². The number of aliphatic hydroxyl groups is 1. The highest BCUT2D eigenvalue weighted by atomic mass is 16.6. The predicted octanol–water partition coefficient (Wildman–Crippen LogP) is 0.933. The Morgan fingerprint density at radius 3 is 2.71 bits per heavy atom. The topological polar surface area (TPSA) is 87.8 Å². The van der Waals surface area contributed by atoms with Crippen LogP contribution in [0.2, 0.25) is 0 Å². The molecule has 1 aliphatic rings. The van der Waals surface area contributed by atoms with E-state index < -0.39 is 11.7 Å². The minimum absolute atomic E-state index is 0.217. The number of carbonyl (C=O) groups is 1. The molecule has 2 atom stereocenters. The van der Waals surface area contributed by atoms with Crippen molar-refractivity contribution in [3.8, 4) is 0 Å². The van der Waals surface area contributed by atoms with Crippen LogP contribution in [-0.2, 0) is 4.74 Å². The number of hydrogen-bond donors (Lipinski definition) is 3. The molecule has 1 saturated heterocycles. The Labute approximate surface area is 128 Å². The first-order valence-electron chi connectivity index (χ1n) is 7.72. The number of likely N-dealkylation sites (tertiary alicyclic amines) is 1. The van der Waals surface area contributed by atoms with Crippen LogP contribution in [0.15, 0.2) is 0 Å². The van der Waals surface area contributed by atoms with Crippen molar-refractivity contribution in [3.05, 3.63) is 0 Å². The van der Waals surface area contributed by atoms with Gasteiger partial charge in [-0.2, -0.15) is 0 Å². The van der Waals surface area contributed by atoms with Crippen LogP contribution < -0.4 is 11.1 Å². The smallest absolute Gasteiger partial charge is 0.410 e. The van der Waals surface area contributed by atoms with Gasteiger partial charge in [-0.05, 0) is 53.6 Å². The highest BCUT2D eigenvalue weighted by molar-refractivity contribution is 5.68. The van der Waals surface area contributed by atoms with Crippen LogP contribution in [0.1, 0.15) is 40.0 Å². The van der Waals surface area contributed by atoms with E-state index in [1.165, 1.54) is 0 Å². The average molecular weight is 301 g/mol. The fraction of sp³-hybridized carbons (Fsp3) is 0.933. The number of likely N-dealkylation sites (N-methyl/N-ethyl adjacent to an activating group) is 1. The molecule has 1 heterocycles. The number of aliphatic hydroxyl groups excluding tert-OH is 1. The fourth-order valence-electron chi connectivity index (χ4n) is 2.91. The number of amides is 1. The lowest BCUT2D eigenvalue weighted by Crippen LogP contribution is -2.52. The maximum absolute atomic E-state index is 12.2. The summed E-state index contributed by atoms with van der Waals surface area (Å²) in [5, 5.41) is 13.0. The molecule has 0 aromatic carbocycles. The number of hydrogen-bond acceptors (Lipinski definition) is 5. The maximum Gasteiger partial charge on any atom is 0.410 e. The van der Waals surface area contributed by atoms with Gasteiger partial charge < -0.3 is 25.8 Å². The zero-order chi connectivity index (χ0) is 16.1. The molecule has 4 N–H and O–H groups in total. The molecule has 1 aliphatic heterocycles. The quantitative estimate of drug-likeness (QED) is 0.703. The second-order valence-corrected chi connectivity index (χ2v) is 7.13. The third-order valence-corrected chi connectivity index (χ3v) is 3.85. The largest absolute Gasteiger partial charge is 0.444 e. The lowest BCUT2D eigenvalue weighted by Gasteiger charge is -2.43. The molecule has 0 spiro atoms. The molecule has 6 heteroatoms. The summed E-state index contributed by atoms with van der Waals surface area (Å²) in [7, 11) is 1.81. The summed E-state index contributed by atoms with van der Waals surface area (Å²) in [6.07, 6.45) is 1.69. The normalized spacial score (nSPS) is 24.8. The van der Waals surface area contributed by atoms with Crippen LogP contribution in [0.4, 0.5) is 4.79 Å². The molecule has 0 aliphatic carbocycles.